The fraction of sp³-hybridized carbons (Fsp3) is 0.500. The van der Waals surface area contributed by atoms with Crippen LogP contribution in [-0.2, 0) is 0 Å². The van der Waals surface area contributed by atoms with Gasteiger partial charge in [0.25, 0.3) is 6.43 Å². The fourth-order valence-electron chi connectivity index (χ4n) is 2.64. The number of hydrogen-bond donors (Lipinski definition) is 1. The van der Waals surface area contributed by atoms with Gasteiger partial charge in [-0.1, -0.05) is 0 Å². The zero-order valence-electron chi connectivity index (χ0n) is 11.5. The van der Waals surface area contributed by atoms with Crippen molar-refractivity contribution in [2.24, 2.45) is 5.92 Å². The van der Waals surface area contributed by atoms with Crippen molar-refractivity contribution in [2.45, 2.75) is 12.8 Å². The second-order valence-corrected chi connectivity index (χ2v) is 5.28. The van der Waals surface area contributed by atoms with E-state index < -0.39 is 6.43 Å². The lowest BCUT2D eigenvalue weighted by Gasteiger charge is -2.15. The molecule has 3 rings (SSSR count). The highest BCUT2D eigenvalue weighted by atomic mass is 19.3. The van der Waals surface area contributed by atoms with Gasteiger partial charge in [0, 0.05) is 25.5 Å². The van der Waals surface area contributed by atoms with Crippen molar-refractivity contribution in [1.82, 2.24) is 19.9 Å². The van der Waals surface area contributed by atoms with Gasteiger partial charge < -0.3 is 5.32 Å². The van der Waals surface area contributed by atoms with Gasteiger partial charge in [-0.2, -0.15) is 0 Å². The number of fused-ring (bicyclic) bond motifs is 1. The van der Waals surface area contributed by atoms with E-state index in [4.69, 9.17) is 0 Å². The van der Waals surface area contributed by atoms with Crippen LogP contribution < -0.4 is 5.32 Å². The van der Waals surface area contributed by atoms with E-state index in [1.54, 1.807) is 12.4 Å². The molecule has 112 valence electrons. The number of pyridine rings is 1. The molecule has 7 heteroatoms. The smallest absolute Gasteiger partial charge is 0.251 e. The highest BCUT2D eigenvalue weighted by Gasteiger charge is 2.24. The van der Waals surface area contributed by atoms with Gasteiger partial charge in [-0.15, -0.1) is 0 Å². The Labute approximate surface area is 121 Å². The van der Waals surface area contributed by atoms with E-state index in [-0.39, 0.29) is 6.54 Å². The molecule has 1 atom stereocenters. The maximum Gasteiger partial charge on any atom is 0.251 e. The number of rotatable bonds is 5. The summed E-state index contributed by atoms with van der Waals surface area (Å²) in [5.74, 6) is 1.12. The van der Waals surface area contributed by atoms with Gasteiger partial charge in [-0.25, -0.2) is 18.7 Å². The second kappa shape index (κ2) is 6.26. The molecule has 1 aliphatic rings. The lowest BCUT2D eigenvalue weighted by atomic mass is 10.1. The van der Waals surface area contributed by atoms with Crippen LogP contribution in [-0.4, -0.2) is 52.5 Å². The third-order valence-corrected chi connectivity index (χ3v) is 3.67. The average Bonchev–Trinajstić information content (AvgIpc) is 2.91. The van der Waals surface area contributed by atoms with Crippen molar-refractivity contribution in [3.05, 3.63) is 24.5 Å². The van der Waals surface area contributed by atoms with Gasteiger partial charge >= 0.3 is 0 Å². The number of likely N-dealkylation sites (tertiary alicyclic amines) is 1. The summed E-state index contributed by atoms with van der Waals surface area (Å²) < 4.78 is 24.7. The monoisotopic (exact) mass is 293 g/mol. The van der Waals surface area contributed by atoms with E-state index in [0.29, 0.717) is 18.1 Å². The van der Waals surface area contributed by atoms with Gasteiger partial charge in [0.2, 0.25) is 0 Å². The third-order valence-electron chi connectivity index (χ3n) is 3.67. The maximum absolute atomic E-state index is 12.3. The Bertz CT molecular complexity index is 607. The molecule has 0 saturated carbocycles. The molecule has 1 aliphatic heterocycles. The van der Waals surface area contributed by atoms with Gasteiger partial charge in [-0.3, -0.25) is 9.88 Å². The van der Waals surface area contributed by atoms with E-state index in [1.807, 2.05) is 17.0 Å². The quantitative estimate of drug-likeness (QED) is 0.914. The number of nitrogens with one attached hydrogen (secondary N) is 1. The van der Waals surface area contributed by atoms with Crippen LogP contribution in [0.4, 0.5) is 14.6 Å². The van der Waals surface area contributed by atoms with Crippen molar-refractivity contribution >= 4 is 17.0 Å². The standard InChI is InChI=1S/C14H17F2N5/c15-12(16)9-21-6-3-10(8-21)7-19-13-2-1-11-14(20-13)18-5-4-17-11/h1-2,4-5,10,12H,3,6-9H2,(H,18,19,20). The van der Waals surface area contributed by atoms with E-state index >= 15 is 0 Å². The first kappa shape index (κ1) is 14.1. The van der Waals surface area contributed by atoms with Crippen molar-refractivity contribution in [3.63, 3.8) is 0 Å². The lowest BCUT2D eigenvalue weighted by Crippen LogP contribution is -2.27. The van der Waals surface area contributed by atoms with Crippen LogP contribution in [0.15, 0.2) is 24.5 Å². The fourth-order valence-corrected chi connectivity index (χ4v) is 2.64. The minimum absolute atomic E-state index is 0.125. The van der Waals surface area contributed by atoms with E-state index in [9.17, 15) is 8.78 Å². The minimum Gasteiger partial charge on any atom is -0.370 e. The molecule has 0 aromatic carbocycles. The minimum atomic E-state index is -2.25. The van der Waals surface area contributed by atoms with Crippen molar-refractivity contribution in [3.8, 4) is 0 Å². The Morgan fingerprint density at radius 2 is 2.14 bits per heavy atom. The van der Waals surface area contributed by atoms with Gasteiger partial charge in [0.15, 0.2) is 5.65 Å². The summed E-state index contributed by atoms with van der Waals surface area (Å²) in [6.07, 6.45) is 1.93. The molecule has 1 fully saturated rings. The van der Waals surface area contributed by atoms with E-state index in [1.165, 1.54) is 0 Å². The number of aromatic nitrogens is 3. The van der Waals surface area contributed by atoms with Crippen LogP contribution in [0.2, 0.25) is 0 Å². The number of hydrogen-bond acceptors (Lipinski definition) is 5. The lowest BCUT2D eigenvalue weighted by molar-refractivity contribution is 0.0981. The van der Waals surface area contributed by atoms with Crippen LogP contribution in [0.1, 0.15) is 6.42 Å². The van der Waals surface area contributed by atoms with E-state index in [0.717, 1.165) is 30.8 Å². The molecule has 5 nitrogen and oxygen atoms in total. The summed E-state index contributed by atoms with van der Waals surface area (Å²) in [5.41, 5.74) is 1.36. The zero-order chi connectivity index (χ0) is 14.7. The second-order valence-electron chi connectivity index (χ2n) is 5.28. The normalized spacial score (nSPS) is 19.5. The first-order valence-electron chi connectivity index (χ1n) is 7.03. The molecule has 0 bridgehead atoms. The average molecular weight is 293 g/mol. The van der Waals surface area contributed by atoms with Crippen LogP contribution in [0.3, 0.4) is 0 Å². The molecular formula is C14H17F2N5. The first-order valence-corrected chi connectivity index (χ1v) is 7.03. The summed E-state index contributed by atoms with van der Waals surface area (Å²) in [6, 6.07) is 3.73. The molecule has 1 saturated heterocycles. The number of anilines is 1. The number of alkyl halides is 2. The third kappa shape index (κ3) is 3.60. The summed E-state index contributed by atoms with van der Waals surface area (Å²) in [6.45, 7) is 2.07. The highest BCUT2D eigenvalue weighted by Crippen LogP contribution is 2.18. The van der Waals surface area contributed by atoms with E-state index in [2.05, 4.69) is 20.3 Å². The van der Waals surface area contributed by atoms with Gasteiger partial charge in [0.1, 0.15) is 11.3 Å². The summed E-state index contributed by atoms with van der Waals surface area (Å²) in [5, 5.41) is 3.26. The Balaban J connectivity index is 1.55. The molecule has 0 aliphatic carbocycles. The summed E-state index contributed by atoms with van der Waals surface area (Å²) in [4.78, 5) is 14.5. The van der Waals surface area contributed by atoms with Crippen LogP contribution in [0, 0.1) is 5.92 Å². The van der Waals surface area contributed by atoms with Crippen LogP contribution in [0.5, 0.6) is 0 Å². The predicted molar refractivity (Wildman–Crippen MR) is 76.4 cm³/mol. The Hall–Kier alpha value is -1.89. The highest BCUT2D eigenvalue weighted by molar-refractivity contribution is 5.71. The molecule has 2 aromatic heterocycles. The molecule has 3 heterocycles. The van der Waals surface area contributed by atoms with Crippen molar-refractivity contribution in [1.29, 1.82) is 0 Å². The molecule has 21 heavy (non-hydrogen) atoms. The molecule has 1 unspecified atom stereocenters. The number of halogens is 2. The Kier molecular flexibility index (Phi) is 4.19. The summed E-state index contributed by atoms with van der Waals surface area (Å²) >= 11 is 0. The molecular weight excluding hydrogens is 276 g/mol. The van der Waals surface area contributed by atoms with Crippen LogP contribution in [0.25, 0.3) is 11.2 Å². The van der Waals surface area contributed by atoms with Crippen LogP contribution >= 0.6 is 0 Å². The van der Waals surface area contributed by atoms with Gasteiger partial charge in [0.05, 0.1) is 6.54 Å². The number of nitrogens with zero attached hydrogens (tertiary/aromatic N) is 4. The zero-order valence-corrected chi connectivity index (χ0v) is 11.5. The Morgan fingerprint density at radius 3 is 3.00 bits per heavy atom. The topological polar surface area (TPSA) is 53.9 Å². The molecule has 0 amide bonds. The largest absolute Gasteiger partial charge is 0.370 e. The SMILES string of the molecule is FC(F)CN1CCC(CNc2ccc3nccnc3n2)C1. The first-order chi connectivity index (χ1) is 10.2. The maximum atomic E-state index is 12.3. The summed E-state index contributed by atoms with van der Waals surface area (Å²) in [7, 11) is 0. The molecule has 0 spiro atoms. The Morgan fingerprint density at radius 1 is 1.29 bits per heavy atom. The predicted octanol–water partition coefficient (Wildman–Crippen LogP) is 2.02. The van der Waals surface area contributed by atoms with Crippen molar-refractivity contribution < 1.29 is 8.78 Å². The molecule has 1 N–H and O–H groups in total. The molecule has 2 aromatic rings. The van der Waals surface area contributed by atoms with Gasteiger partial charge in [-0.05, 0) is 31.0 Å². The van der Waals surface area contributed by atoms with Crippen molar-refractivity contribution in [2.75, 3.05) is 31.5 Å². The molecule has 0 radical (unpaired) electrons.